The zero-order valence-electron chi connectivity index (χ0n) is 12.1. The van der Waals surface area contributed by atoms with E-state index in [0.717, 1.165) is 16.8 Å². The summed E-state index contributed by atoms with van der Waals surface area (Å²) in [6, 6.07) is 10.8. The summed E-state index contributed by atoms with van der Waals surface area (Å²) < 4.78 is 13.1. The van der Waals surface area contributed by atoms with E-state index < -0.39 is 6.04 Å². The van der Waals surface area contributed by atoms with Crippen LogP contribution in [0.3, 0.4) is 0 Å². The van der Waals surface area contributed by atoms with Crippen molar-refractivity contribution in [3.63, 3.8) is 0 Å². The molecule has 0 aromatic heterocycles. The summed E-state index contributed by atoms with van der Waals surface area (Å²) >= 11 is 6.08. The third kappa shape index (κ3) is 2.60. The molecule has 0 spiro atoms. The Bertz CT molecular complexity index is 717. The molecule has 0 aliphatic carbocycles. The van der Waals surface area contributed by atoms with Gasteiger partial charge in [0.2, 0.25) is 5.91 Å². The minimum atomic E-state index is -0.573. The first kappa shape index (κ1) is 15.0. The molecular weight excluding hydrogens is 303 g/mol. The Labute approximate surface area is 133 Å². The van der Waals surface area contributed by atoms with Gasteiger partial charge < -0.3 is 10.6 Å². The molecule has 1 amide bonds. The van der Waals surface area contributed by atoms with Crippen LogP contribution in [0.15, 0.2) is 42.5 Å². The molecular formula is C17H16ClFN2O. The predicted molar refractivity (Wildman–Crippen MR) is 85.4 cm³/mol. The monoisotopic (exact) mass is 318 g/mol. The molecule has 22 heavy (non-hydrogen) atoms. The second-order valence-corrected chi connectivity index (χ2v) is 5.96. The maximum absolute atomic E-state index is 13.1. The molecule has 0 radical (unpaired) electrons. The third-order valence-electron chi connectivity index (χ3n) is 4.04. The number of anilines is 1. The van der Waals surface area contributed by atoms with Gasteiger partial charge in [0.1, 0.15) is 5.82 Å². The van der Waals surface area contributed by atoms with Gasteiger partial charge in [-0.25, -0.2) is 4.39 Å². The largest absolute Gasteiger partial charge is 0.320 e. The highest BCUT2D eigenvalue weighted by atomic mass is 35.5. The van der Waals surface area contributed by atoms with Gasteiger partial charge in [0.05, 0.1) is 12.1 Å². The maximum atomic E-state index is 13.1. The van der Waals surface area contributed by atoms with Crippen molar-refractivity contribution >= 4 is 23.2 Å². The van der Waals surface area contributed by atoms with Gasteiger partial charge in [-0.3, -0.25) is 4.79 Å². The fourth-order valence-electron chi connectivity index (χ4n) is 2.85. The molecule has 0 bridgehead atoms. The zero-order chi connectivity index (χ0) is 15.9. The van der Waals surface area contributed by atoms with E-state index in [1.54, 1.807) is 29.2 Å². The topological polar surface area (TPSA) is 46.3 Å². The zero-order valence-corrected chi connectivity index (χ0v) is 12.8. The highest BCUT2D eigenvalue weighted by Crippen LogP contribution is 2.36. The fraction of sp³-hybridized carbons (Fsp3) is 0.235. The Kier molecular flexibility index (Phi) is 3.89. The van der Waals surface area contributed by atoms with Gasteiger partial charge in [0.25, 0.3) is 0 Å². The van der Waals surface area contributed by atoms with Crippen molar-refractivity contribution in [1.82, 2.24) is 0 Å². The standard InChI is InChI=1S/C17H16ClFN2O/c1-10(11-3-6-14(19)7-4-11)21-16-9-13(18)5-2-12(16)8-15(20)17(21)22/h2-7,9-10,15H,8,20H2,1H3/t10-,15+/m0/s1. The summed E-state index contributed by atoms with van der Waals surface area (Å²) in [4.78, 5) is 14.2. The van der Waals surface area contributed by atoms with E-state index in [0.29, 0.717) is 11.4 Å². The number of carbonyl (C=O) groups excluding carboxylic acids is 1. The van der Waals surface area contributed by atoms with Crippen molar-refractivity contribution in [1.29, 1.82) is 0 Å². The number of carbonyl (C=O) groups is 1. The van der Waals surface area contributed by atoms with E-state index in [2.05, 4.69) is 0 Å². The fourth-order valence-corrected chi connectivity index (χ4v) is 3.01. The van der Waals surface area contributed by atoms with Crippen LogP contribution >= 0.6 is 11.6 Å². The van der Waals surface area contributed by atoms with Crippen molar-refractivity contribution in [3.8, 4) is 0 Å². The van der Waals surface area contributed by atoms with Gasteiger partial charge in [-0.1, -0.05) is 29.8 Å². The number of hydrogen-bond acceptors (Lipinski definition) is 2. The van der Waals surface area contributed by atoms with Crippen LogP contribution in [0.2, 0.25) is 5.02 Å². The number of amides is 1. The van der Waals surface area contributed by atoms with Gasteiger partial charge in [0, 0.05) is 10.7 Å². The first-order chi connectivity index (χ1) is 10.5. The summed E-state index contributed by atoms with van der Waals surface area (Å²) in [7, 11) is 0. The highest BCUT2D eigenvalue weighted by Gasteiger charge is 2.34. The molecule has 5 heteroatoms. The number of nitrogens with two attached hydrogens (primary N) is 1. The van der Waals surface area contributed by atoms with E-state index in [-0.39, 0.29) is 17.8 Å². The molecule has 3 nitrogen and oxygen atoms in total. The summed E-state index contributed by atoms with van der Waals surface area (Å²) in [6.07, 6.45) is 0.498. The van der Waals surface area contributed by atoms with E-state index in [1.165, 1.54) is 12.1 Å². The van der Waals surface area contributed by atoms with Gasteiger partial charge in [-0.05, 0) is 48.7 Å². The van der Waals surface area contributed by atoms with Crippen LogP contribution in [0, 0.1) is 5.82 Å². The quantitative estimate of drug-likeness (QED) is 0.921. The lowest BCUT2D eigenvalue weighted by atomic mass is 9.94. The van der Waals surface area contributed by atoms with E-state index >= 15 is 0 Å². The second kappa shape index (κ2) is 5.71. The van der Waals surface area contributed by atoms with Crippen LogP contribution < -0.4 is 10.6 Å². The highest BCUT2D eigenvalue weighted by molar-refractivity contribution is 6.31. The Hall–Kier alpha value is -1.91. The molecule has 0 fully saturated rings. The van der Waals surface area contributed by atoms with Crippen molar-refractivity contribution in [2.45, 2.75) is 25.4 Å². The summed E-state index contributed by atoms with van der Waals surface area (Å²) in [5.74, 6) is -0.451. The van der Waals surface area contributed by atoms with Crippen molar-refractivity contribution in [2.75, 3.05) is 4.90 Å². The Morgan fingerprint density at radius 3 is 2.64 bits per heavy atom. The molecule has 1 aliphatic heterocycles. The molecule has 2 aromatic carbocycles. The van der Waals surface area contributed by atoms with Crippen molar-refractivity contribution in [2.24, 2.45) is 5.73 Å². The molecule has 0 unspecified atom stereocenters. The number of halogens is 2. The van der Waals surface area contributed by atoms with Crippen molar-refractivity contribution in [3.05, 3.63) is 64.4 Å². The van der Waals surface area contributed by atoms with E-state index in [4.69, 9.17) is 17.3 Å². The van der Waals surface area contributed by atoms with Gasteiger partial charge in [-0.15, -0.1) is 0 Å². The number of hydrogen-bond donors (Lipinski definition) is 1. The number of nitrogens with zero attached hydrogens (tertiary/aromatic N) is 1. The van der Waals surface area contributed by atoms with Gasteiger partial charge >= 0.3 is 0 Å². The van der Waals surface area contributed by atoms with Crippen LogP contribution in [0.5, 0.6) is 0 Å². The molecule has 1 aliphatic rings. The summed E-state index contributed by atoms with van der Waals surface area (Å²) in [5, 5.41) is 0.568. The molecule has 2 aromatic rings. The lowest BCUT2D eigenvalue weighted by molar-refractivity contribution is -0.120. The van der Waals surface area contributed by atoms with Crippen LogP contribution in [0.4, 0.5) is 10.1 Å². The molecule has 2 atom stereocenters. The second-order valence-electron chi connectivity index (χ2n) is 5.52. The van der Waals surface area contributed by atoms with Gasteiger partial charge in [0.15, 0.2) is 0 Å². The van der Waals surface area contributed by atoms with Crippen molar-refractivity contribution < 1.29 is 9.18 Å². The minimum Gasteiger partial charge on any atom is -0.320 e. The van der Waals surface area contributed by atoms with E-state index in [1.807, 2.05) is 13.0 Å². The number of benzene rings is 2. The van der Waals surface area contributed by atoms with Crippen LogP contribution in [-0.4, -0.2) is 11.9 Å². The maximum Gasteiger partial charge on any atom is 0.244 e. The molecule has 2 N–H and O–H groups in total. The lowest BCUT2D eigenvalue weighted by Gasteiger charge is -2.37. The first-order valence-electron chi connectivity index (χ1n) is 7.10. The predicted octanol–water partition coefficient (Wildman–Crippen LogP) is 3.46. The number of fused-ring (bicyclic) bond motifs is 1. The molecule has 3 rings (SSSR count). The molecule has 1 heterocycles. The minimum absolute atomic E-state index is 0.147. The van der Waals surface area contributed by atoms with Crippen LogP contribution in [0.1, 0.15) is 24.1 Å². The third-order valence-corrected chi connectivity index (χ3v) is 4.28. The SMILES string of the molecule is C[C@@H](c1ccc(F)cc1)N1C(=O)[C@H](N)Cc2ccc(Cl)cc21. The normalized spacial score (nSPS) is 19.0. The molecule has 0 saturated heterocycles. The smallest absolute Gasteiger partial charge is 0.244 e. The lowest BCUT2D eigenvalue weighted by Crippen LogP contribution is -2.49. The Morgan fingerprint density at radius 2 is 1.95 bits per heavy atom. The van der Waals surface area contributed by atoms with Crippen LogP contribution in [-0.2, 0) is 11.2 Å². The first-order valence-corrected chi connectivity index (χ1v) is 7.47. The Balaban J connectivity index is 2.06. The van der Waals surface area contributed by atoms with E-state index in [9.17, 15) is 9.18 Å². The molecule has 0 saturated carbocycles. The van der Waals surface area contributed by atoms with Crippen LogP contribution in [0.25, 0.3) is 0 Å². The van der Waals surface area contributed by atoms with Gasteiger partial charge in [-0.2, -0.15) is 0 Å². The summed E-state index contributed by atoms with van der Waals surface area (Å²) in [5.41, 5.74) is 8.58. The average molecular weight is 319 g/mol. The number of rotatable bonds is 2. The summed E-state index contributed by atoms with van der Waals surface area (Å²) in [6.45, 7) is 1.90. The molecule has 114 valence electrons. The Morgan fingerprint density at radius 1 is 1.27 bits per heavy atom. The average Bonchev–Trinajstić information content (AvgIpc) is 2.49.